The molecule has 2 atom stereocenters. The molecule has 0 radical (unpaired) electrons. The number of hydrogen-bond donors (Lipinski definition) is 1. The van der Waals surface area contributed by atoms with Crippen LogP contribution in [0.1, 0.15) is 38.8 Å². The third-order valence-electron chi connectivity index (χ3n) is 4.86. The van der Waals surface area contributed by atoms with Gasteiger partial charge in [-0.2, -0.15) is 0 Å². The average molecular weight is 400 g/mol. The summed E-state index contributed by atoms with van der Waals surface area (Å²) in [4.78, 5) is 29.8. The number of benzene rings is 1. The molecule has 1 aliphatic rings. The normalized spacial score (nSPS) is 21.7. The Hall–Kier alpha value is -1.30. The van der Waals surface area contributed by atoms with E-state index in [9.17, 15) is 9.59 Å². The SMILES string of the molecule is CC(C)NC(=O)C1(N(C(=O)CCl)C(C)c2ccc(Cl)cc2)CCN(C)C1. The van der Waals surface area contributed by atoms with E-state index in [1.165, 1.54) is 0 Å². The summed E-state index contributed by atoms with van der Waals surface area (Å²) in [6, 6.07) is 7.03. The molecule has 1 aromatic rings. The zero-order valence-electron chi connectivity index (χ0n) is 15.8. The van der Waals surface area contributed by atoms with Crippen LogP contribution in [0.4, 0.5) is 0 Å². The molecule has 7 heteroatoms. The number of hydrogen-bond acceptors (Lipinski definition) is 3. The molecular formula is C19H27Cl2N3O2. The lowest BCUT2D eigenvalue weighted by atomic mass is 9.90. The Morgan fingerprint density at radius 1 is 1.27 bits per heavy atom. The Labute approximate surface area is 165 Å². The smallest absolute Gasteiger partial charge is 0.247 e. The maximum atomic E-state index is 13.2. The van der Waals surface area contributed by atoms with Crippen LogP contribution in [0, 0.1) is 0 Å². The van der Waals surface area contributed by atoms with Crippen molar-refractivity contribution < 1.29 is 9.59 Å². The second-order valence-electron chi connectivity index (χ2n) is 7.27. The first-order valence-electron chi connectivity index (χ1n) is 8.84. The molecule has 2 unspecified atom stereocenters. The van der Waals surface area contributed by atoms with Gasteiger partial charge in [0.05, 0.1) is 6.04 Å². The van der Waals surface area contributed by atoms with Gasteiger partial charge < -0.3 is 15.1 Å². The van der Waals surface area contributed by atoms with Gasteiger partial charge in [-0.15, -0.1) is 11.6 Å². The molecular weight excluding hydrogens is 373 g/mol. The number of carbonyl (C=O) groups excluding carboxylic acids is 2. The summed E-state index contributed by atoms with van der Waals surface area (Å²) in [6.45, 7) is 6.98. The number of nitrogens with one attached hydrogen (secondary N) is 1. The number of rotatable bonds is 6. The monoisotopic (exact) mass is 399 g/mol. The van der Waals surface area contributed by atoms with Crippen LogP contribution < -0.4 is 5.32 Å². The number of likely N-dealkylation sites (tertiary alicyclic amines) is 1. The molecule has 0 bridgehead atoms. The van der Waals surface area contributed by atoms with Crippen molar-refractivity contribution in [1.82, 2.24) is 15.1 Å². The average Bonchev–Trinajstić information content (AvgIpc) is 2.97. The van der Waals surface area contributed by atoms with Gasteiger partial charge in [0, 0.05) is 24.2 Å². The molecule has 2 amide bonds. The van der Waals surface area contributed by atoms with Gasteiger partial charge in [0.2, 0.25) is 11.8 Å². The summed E-state index contributed by atoms with van der Waals surface area (Å²) >= 11 is 11.9. The molecule has 0 saturated carbocycles. The molecule has 1 aliphatic heterocycles. The number of alkyl halides is 1. The highest BCUT2D eigenvalue weighted by atomic mass is 35.5. The minimum atomic E-state index is -0.940. The Kier molecular flexibility index (Phi) is 6.94. The quantitative estimate of drug-likeness (QED) is 0.747. The number of amides is 2. The Morgan fingerprint density at radius 2 is 1.88 bits per heavy atom. The van der Waals surface area contributed by atoms with Crippen molar-refractivity contribution in [3.05, 3.63) is 34.9 Å². The standard InChI is InChI=1S/C19H27Cl2N3O2/c1-13(2)22-18(26)19(9-10-23(4)12-19)24(17(25)11-20)14(3)15-5-7-16(21)8-6-15/h5-8,13-14H,9-12H2,1-4H3,(H,22,26). The van der Waals surface area contributed by atoms with E-state index in [1.807, 2.05) is 40.0 Å². The largest absolute Gasteiger partial charge is 0.352 e. The summed E-state index contributed by atoms with van der Waals surface area (Å²) in [6.07, 6.45) is 0.572. The van der Waals surface area contributed by atoms with E-state index in [1.54, 1.807) is 17.0 Å². The van der Waals surface area contributed by atoms with E-state index >= 15 is 0 Å². The van der Waals surface area contributed by atoms with E-state index in [0.717, 1.165) is 12.1 Å². The minimum Gasteiger partial charge on any atom is -0.352 e. The van der Waals surface area contributed by atoms with Gasteiger partial charge in [-0.05, 0) is 51.9 Å². The van der Waals surface area contributed by atoms with Crippen LogP contribution >= 0.6 is 23.2 Å². The summed E-state index contributed by atoms with van der Waals surface area (Å²) in [7, 11) is 1.96. The molecule has 1 saturated heterocycles. The molecule has 0 aromatic heterocycles. The van der Waals surface area contributed by atoms with E-state index in [4.69, 9.17) is 23.2 Å². The second kappa shape index (κ2) is 8.59. The highest BCUT2D eigenvalue weighted by Gasteiger charge is 2.51. The zero-order valence-corrected chi connectivity index (χ0v) is 17.3. The molecule has 1 fully saturated rings. The third kappa shape index (κ3) is 4.33. The maximum Gasteiger partial charge on any atom is 0.247 e. The fourth-order valence-corrected chi connectivity index (χ4v) is 3.90. The molecule has 5 nitrogen and oxygen atoms in total. The third-order valence-corrected chi connectivity index (χ3v) is 5.35. The molecule has 0 spiro atoms. The van der Waals surface area contributed by atoms with Crippen molar-refractivity contribution in [2.75, 3.05) is 26.0 Å². The predicted molar refractivity (Wildman–Crippen MR) is 106 cm³/mol. The molecule has 1 aromatic carbocycles. The summed E-state index contributed by atoms with van der Waals surface area (Å²) in [5.41, 5.74) is -0.0246. The number of likely N-dealkylation sites (N-methyl/N-ethyl adjacent to an activating group) is 1. The van der Waals surface area contributed by atoms with E-state index in [0.29, 0.717) is 18.0 Å². The molecule has 144 valence electrons. The minimum absolute atomic E-state index is 0.0101. The fraction of sp³-hybridized carbons (Fsp3) is 0.579. The zero-order chi connectivity index (χ0) is 19.5. The topological polar surface area (TPSA) is 52.7 Å². The van der Waals surface area contributed by atoms with Crippen molar-refractivity contribution in [1.29, 1.82) is 0 Å². The van der Waals surface area contributed by atoms with Crippen molar-refractivity contribution in [3.8, 4) is 0 Å². The predicted octanol–water partition coefficient (Wildman–Crippen LogP) is 3.07. The first-order valence-corrected chi connectivity index (χ1v) is 9.75. The van der Waals surface area contributed by atoms with Crippen LogP contribution in [-0.4, -0.2) is 59.2 Å². The fourth-order valence-electron chi connectivity index (χ4n) is 3.65. The second-order valence-corrected chi connectivity index (χ2v) is 7.98. The van der Waals surface area contributed by atoms with Crippen LogP contribution in [0.5, 0.6) is 0 Å². The van der Waals surface area contributed by atoms with Crippen LogP contribution in [0.3, 0.4) is 0 Å². The van der Waals surface area contributed by atoms with Crippen LogP contribution in [0.15, 0.2) is 24.3 Å². The van der Waals surface area contributed by atoms with Gasteiger partial charge in [-0.25, -0.2) is 0 Å². The number of nitrogens with zero attached hydrogens (tertiary/aromatic N) is 2. The Morgan fingerprint density at radius 3 is 2.35 bits per heavy atom. The molecule has 1 N–H and O–H groups in total. The highest BCUT2D eigenvalue weighted by Crippen LogP contribution is 2.36. The lowest BCUT2D eigenvalue weighted by molar-refractivity contribution is -0.149. The van der Waals surface area contributed by atoms with Crippen molar-refractivity contribution in [3.63, 3.8) is 0 Å². The van der Waals surface area contributed by atoms with Gasteiger partial charge in [0.15, 0.2) is 0 Å². The van der Waals surface area contributed by atoms with Crippen molar-refractivity contribution >= 4 is 35.0 Å². The maximum absolute atomic E-state index is 13.2. The summed E-state index contributed by atoms with van der Waals surface area (Å²) in [5, 5.41) is 3.63. The van der Waals surface area contributed by atoms with Crippen molar-refractivity contribution in [2.24, 2.45) is 0 Å². The van der Waals surface area contributed by atoms with E-state index in [2.05, 4.69) is 10.2 Å². The molecule has 1 heterocycles. The first-order chi connectivity index (χ1) is 12.2. The molecule has 2 rings (SSSR count). The number of carbonyl (C=O) groups is 2. The first kappa shape index (κ1) is 21.0. The summed E-state index contributed by atoms with van der Waals surface area (Å²) in [5.74, 6) is -0.544. The van der Waals surface area contributed by atoms with Crippen molar-refractivity contribution in [2.45, 2.75) is 44.8 Å². The lowest BCUT2D eigenvalue weighted by Gasteiger charge is -2.44. The Bertz CT molecular complexity index is 651. The number of halogens is 2. The molecule has 0 aliphatic carbocycles. The Balaban J connectivity index is 2.48. The van der Waals surface area contributed by atoms with Crippen LogP contribution in [-0.2, 0) is 9.59 Å². The van der Waals surface area contributed by atoms with Gasteiger partial charge in [-0.1, -0.05) is 23.7 Å². The van der Waals surface area contributed by atoms with Gasteiger partial charge in [0.1, 0.15) is 11.4 Å². The van der Waals surface area contributed by atoms with Gasteiger partial charge in [-0.3, -0.25) is 9.59 Å². The molecule has 26 heavy (non-hydrogen) atoms. The van der Waals surface area contributed by atoms with Crippen LogP contribution in [0.2, 0.25) is 5.02 Å². The van der Waals surface area contributed by atoms with Crippen LogP contribution in [0.25, 0.3) is 0 Å². The van der Waals surface area contributed by atoms with E-state index < -0.39 is 5.54 Å². The van der Waals surface area contributed by atoms with Gasteiger partial charge in [0.25, 0.3) is 0 Å². The van der Waals surface area contributed by atoms with Gasteiger partial charge >= 0.3 is 0 Å². The summed E-state index contributed by atoms with van der Waals surface area (Å²) < 4.78 is 0. The lowest BCUT2D eigenvalue weighted by Crippen LogP contribution is -2.63. The van der Waals surface area contributed by atoms with E-state index in [-0.39, 0.29) is 29.8 Å². The highest BCUT2D eigenvalue weighted by molar-refractivity contribution is 6.30.